The average molecular weight is 413 g/mol. The van der Waals surface area contributed by atoms with Crippen LogP contribution in [-0.2, 0) is 16.1 Å². The lowest BCUT2D eigenvalue weighted by Gasteiger charge is -2.07. The van der Waals surface area contributed by atoms with Gasteiger partial charge in [-0.05, 0) is 42.8 Å². The Morgan fingerprint density at radius 1 is 1.14 bits per heavy atom. The topological polar surface area (TPSA) is 62.1 Å². The van der Waals surface area contributed by atoms with Gasteiger partial charge in [0.2, 0.25) is 0 Å². The fourth-order valence-electron chi connectivity index (χ4n) is 2.88. The highest BCUT2D eigenvalue weighted by molar-refractivity contribution is 7.16. The largest absolute Gasteiger partial charge is 0.493 e. The van der Waals surface area contributed by atoms with E-state index in [0.717, 1.165) is 15.8 Å². The zero-order chi connectivity index (χ0) is 20.6. The third-order valence-corrected chi connectivity index (χ3v) is 5.34. The zero-order valence-electron chi connectivity index (χ0n) is 16.8. The summed E-state index contributed by atoms with van der Waals surface area (Å²) in [5.74, 6) is 0.926. The van der Waals surface area contributed by atoms with Crippen molar-refractivity contribution < 1.29 is 19.0 Å². The molecule has 0 fully saturated rings. The number of amides is 1. The van der Waals surface area contributed by atoms with Crippen LogP contribution in [0.25, 0.3) is 16.3 Å². The molecule has 0 atom stereocenters. The van der Waals surface area contributed by atoms with E-state index in [9.17, 15) is 4.79 Å². The standard InChI is InChI=1S/C22H24N2O4S/c1-4-28-14-13-24-17-7-5-6-8-20(17)29-22(24)23-21(25)12-10-16-9-11-18(26-2)19(15-16)27-3/h5-12,15H,4,13-14H2,1-3H3. The van der Waals surface area contributed by atoms with E-state index in [4.69, 9.17) is 14.2 Å². The summed E-state index contributed by atoms with van der Waals surface area (Å²) in [5, 5.41) is 0. The van der Waals surface area contributed by atoms with Gasteiger partial charge in [-0.25, -0.2) is 0 Å². The summed E-state index contributed by atoms with van der Waals surface area (Å²) in [6.45, 7) is 3.83. The van der Waals surface area contributed by atoms with Crippen molar-refractivity contribution in [2.45, 2.75) is 13.5 Å². The van der Waals surface area contributed by atoms with Gasteiger partial charge in [-0.15, -0.1) is 0 Å². The molecule has 0 aliphatic carbocycles. The Kier molecular flexibility index (Phi) is 7.21. The van der Waals surface area contributed by atoms with E-state index in [1.54, 1.807) is 26.4 Å². The van der Waals surface area contributed by atoms with Gasteiger partial charge in [0.05, 0.1) is 31.0 Å². The maximum absolute atomic E-state index is 12.5. The molecular weight excluding hydrogens is 388 g/mol. The first-order valence-corrected chi connectivity index (χ1v) is 10.1. The molecule has 29 heavy (non-hydrogen) atoms. The molecule has 1 amide bonds. The smallest absolute Gasteiger partial charge is 0.272 e. The highest BCUT2D eigenvalue weighted by atomic mass is 32.1. The summed E-state index contributed by atoms with van der Waals surface area (Å²) in [7, 11) is 3.16. The van der Waals surface area contributed by atoms with Crippen LogP contribution in [0.15, 0.2) is 53.5 Å². The summed E-state index contributed by atoms with van der Waals surface area (Å²) in [5.41, 5.74) is 1.87. The molecule has 0 aliphatic heterocycles. The number of para-hydroxylation sites is 1. The molecule has 0 saturated carbocycles. The van der Waals surface area contributed by atoms with Crippen molar-refractivity contribution in [3.05, 3.63) is 58.9 Å². The van der Waals surface area contributed by atoms with E-state index in [-0.39, 0.29) is 5.91 Å². The Balaban J connectivity index is 1.87. The van der Waals surface area contributed by atoms with Gasteiger partial charge < -0.3 is 18.8 Å². The summed E-state index contributed by atoms with van der Waals surface area (Å²) in [6, 6.07) is 13.5. The van der Waals surface area contributed by atoms with Gasteiger partial charge in [-0.2, -0.15) is 4.99 Å². The first kappa shape index (κ1) is 20.8. The van der Waals surface area contributed by atoms with E-state index in [2.05, 4.69) is 4.99 Å². The molecule has 0 aliphatic rings. The Bertz CT molecular complexity index is 1080. The van der Waals surface area contributed by atoms with Crippen molar-refractivity contribution in [1.82, 2.24) is 4.57 Å². The third-order valence-electron chi connectivity index (χ3n) is 4.28. The number of ether oxygens (including phenoxy) is 3. The van der Waals surface area contributed by atoms with Crippen molar-refractivity contribution in [1.29, 1.82) is 0 Å². The van der Waals surface area contributed by atoms with Gasteiger partial charge in [0.1, 0.15) is 0 Å². The lowest BCUT2D eigenvalue weighted by Crippen LogP contribution is -2.19. The molecule has 3 aromatic rings. The Morgan fingerprint density at radius 2 is 1.93 bits per heavy atom. The highest BCUT2D eigenvalue weighted by Gasteiger charge is 2.07. The van der Waals surface area contributed by atoms with Gasteiger partial charge in [-0.1, -0.05) is 29.5 Å². The average Bonchev–Trinajstić information content (AvgIpc) is 3.09. The molecule has 0 unspecified atom stereocenters. The van der Waals surface area contributed by atoms with Crippen molar-refractivity contribution in [3.63, 3.8) is 0 Å². The van der Waals surface area contributed by atoms with Crippen LogP contribution < -0.4 is 14.3 Å². The summed E-state index contributed by atoms with van der Waals surface area (Å²) < 4.78 is 19.1. The molecule has 0 saturated heterocycles. The fraction of sp³-hybridized carbons (Fsp3) is 0.273. The molecule has 0 spiro atoms. The van der Waals surface area contributed by atoms with E-state index in [1.165, 1.54) is 17.4 Å². The van der Waals surface area contributed by atoms with Crippen molar-refractivity contribution in [3.8, 4) is 11.5 Å². The minimum Gasteiger partial charge on any atom is -0.493 e. The Hall–Kier alpha value is -2.90. The second-order valence-corrected chi connectivity index (χ2v) is 7.11. The minimum absolute atomic E-state index is 0.323. The van der Waals surface area contributed by atoms with Gasteiger partial charge in [0.25, 0.3) is 5.91 Å². The van der Waals surface area contributed by atoms with Gasteiger partial charge in [0, 0.05) is 19.2 Å². The lowest BCUT2D eigenvalue weighted by molar-refractivity contribution is -0.113. The molecular formula is C22H24N2O4S. The molecule has 7 heteroatoms. The molecule has 152 valence electrons. The Labute approximate surface area is 173 Å². The number of benzene rings is 2. The maximum atomic E-state index is 12.5. The molecule has 0 radical (unpaired) electrons. The van der Waals surface area contributed by atoms with E-state index in [1.807, 2.05) is 47.9 Å². The molecule has 1 aromatic heterocycles. The number of thiazole rings is 1. The van der Waals surface area contributed by atoms with E-state index in [0.29, 0.717) is 36.1 Å². The predicted octanol–water partition coefficient (Wildman–Crippen LogP) is 3.90. The number of methoxy groups -OCH3 is 2. The number of hydrogen-bond acceptors (Lipinski definition) is 5. The first-order valence-electron chi connectivity index (χ1n) is 9.31. The number of fused-ring (bicyclic) bond motifs is 1. The first-order chi connectivity index (χ1) is 14.2. The third kappa shape index (κ3) is 5.13. The molecule has 1 heterocycles. The van der Waals surface area contributed by atoms with Crippen LogP contribution in [0.3, 0.4) is 0 Å². The summed E-state index contributed by atoms with van der Waals surface area (Å²) in [4.78, 5) is 17.4. The number of rotatable bonds is 8. The van der Waals surface area contributed by atoms with E-state index < -0.39 is 0 Å². The predicted molar refractivity (Wildman–Crippen MR) is 115 cm³/mol. The molecule has 0 N–H and O–H groups in total. The van der Waals surface area contributed by atoms with Gasteiger partial charge in [0.15, 0.2) is 16.3 Å². The van der Waals surface area contributed by atoms with Crippen LogP contribution in [0, 0.1) is 0 Å². The number of hydrogen-bond donors (Lipinski definition) is 0. The number of carbonyl (C=O) groups is 1. The maximum Gasteiger partial charge on any atom is 0.272 e. The molecule has 2 aromatic carbocycles. The monoisotopic (exact) mass is 412 g/mol. The summed E-state index contributed by atoms with van der Waals surface area (Å²) >= 11 is 1.49. The SMILES string of the molecule is CCOCCn1c(=NC(=O)C=Cc2ccc(OC)c(OC)c2)sc2ccccc21. The van der Waals surface area contributed by atoms with Crippen molar-refractivity contribution >= 4 is 33.5 Å². The molecule has 6 nitrogen and oxygen atoms in total. The minimum atomic E-state index is -0.323. The van der Waals surface area contributed by atoms with Crippen LogP contribution in [0.5, 0.6) is 11.5 Å². The van der Waals surface area contributed by atoms with Gasteiger partial charge in [-0.3, -0.25) is 4.79 Å². The number of carbonyl (C=O) groups excluding carboxylic acids is 1. The fourth-order valence-corrected chi connectivity index (χ4v) is 3.94. The van der Waals surface area contributed by atoms with Crippen LogP contribution >= 0.6 is 11.3 Å². The Morgan fingerprint density at radius 3 is 2.69 bits per heavy atom. The van der Waals surface area contributed by atoms with Crippen LogP contribution in [0.2, 0.25) is 0 Å². The van der Waals surface area contributed by atoms with Crippen LogP contribution in [-0.4, -0.2) is 37.9 Å². The number of nitrogens with zero attached hydrogens (tertiary/aromatic N) is 2. The normalized spacial score (nSPS) is 12.0. The van der Waals surface area contributed by atoms with Crippen molar-refractivity contribution in [2.75, 3.05) is 27.4 Å². The molecule has 0 bridgehead atoms. The zero-order valence-corrected chi connectivity index (χ0v) is 17.6. The van der Waals surface area contributed by atoms with Crippen LogP contribution in [0.1, 0.15) is 12.5 Å². The second-order valence-electron chi connectivity index (χ2n) is 6.10. The van der Waals surface area contributed by atoms with Gasteiger partial charge >= 0.3 is 0 Å². The van der Waals surface area contributed by atoms with E-state index >= 15 is 0 Å². The quantitative estimate of drug-likeness (QED) is 0.416. The van der Waals surface area contributed by atoms with Crippen LogP contribution in [0.4, 0.5) is 0 Å². The summed E-state index contributed by atoms with van der Waals surface area (Å²) in [6.07, 6.45) is 3.17. The van der Waals surface area contributed by atoms with Crippen molar-refractivity contribution in [2.24, 2.45) is 4.99 Å². The number of aromatic nitrogens is 1. The molecule has 3 rings (SSSR count). The highest BCUT2D eigenvalue weighted by Crippen LogP contribution is 2.28. The lowest BCUT2D eigenvalue weighted by atomic mass is 10.2. The second kappa shape index (κ2) is 10.0.